The van der Waals surface area contributed by atoms with Gasteiger partial charge in [-0.2, -0.15) is 13.2 Å². The van der Waals surface area contributed by atoms with Gasteiger partial charge in [0, 0.05) is 35.5 Å². The Bertz CT molecular complexity index is 990. The van der Waals surface area contributed by atoms with E-state index < -0.39 is 12.8 Å². The number of rotatable bonds is 7. The maximum absolute atomic E-state index is 13.0. The van der Waals surface area contributed by atoms with E-state index in [2.05, 4.69) is 20.0 Å². The fourth-order valence-corrected chi connectivity index (χ4v) is 3.64. The lowest BCUT2D eigenvalue weighted by Crippen LogP contribution is -2.29. The Hall–Kier alpha value is -3.17. The minimum atomic E-state index is -4.44. The molecule has 4 rings (SSSR count). The first-order valence-corrected chi connectivity index (χ1v) is 10.0. The second-order valence-electron chi connectivity index (χ2n) is 7.64. The zero-order valence-electron chi connectivity index (χ0n) is 16.8. The highest BCUT2D eigenvalue weighted by Gasteiger charge is 2.36. The number of nitrogens with zero attached hydrogens (tertiary/aromatic N) is 3. The minimum absolute atomic E-state index is 0.0124. The van der Waals surface area contributed by atoms with Crippen LogP contribution in [-0.2, 0) is 11.3 Å². The summed E-state index contributed by atoms with van der Waals surface area (Å²) in [5.41, 5.74) is 1.83. The number of hydrogen-bond acceptors (Lipinski definition) is 5. The molecule has 1 unspecified atom stereocenters. The number of pyridine rings is 2. The highest BCUT2D eigenvalue weighted by Crippen LogP contribution is 2.37. The topological polar surface area (TPSA) is 84.4 Å². The van der Waals surface area contributed by atoms with Crippen LogP contribution in [0, 0.1) is 5.92 Å². The van der Waals surface area contributed by atoms with Gasteiger partial charge < -0.3 is 15.0 Å². The van der Waals surface area contributed by atoms with Crippen LogP contribution in [0.1, 0.15) is 53.7 Å². The van der Waals surface area contributed by atoms with E-state index in [1.54, 1.807) is 17.0 Å². The summed E-state index contributed by atoms with van der Waals surface area (Å²) in [7, 11) is 0. The maximum Gasteiger partial charge on any atom is 0.422 e. The summed E-state index contributed by atoms with van der Waals surface area (Å²) in [6, 6.07) is 4.26. The minimum Gasteiger partial charge on any atom is -0.468 e. The van der Waals surface area contributed by atoms with Crippen LogP contribution in [0.5, 0.6) is 5.88 Å². The first-order chi connectivity index (χ1) is 14.8. The molecule has 10 heteroatoms. The number of nitrogens with one attached hydrogen (secondary N) is 1. The first kappa shape index (κ1) is 21.1. The smallest absolute Gasteiger partial charge is 0.422 e. The van der Waals surface area contributed by atoms with Gasteiger partial charge in [0.2, 0.25) is 11.8 Å². The van der Waals surface area contributed by atoms with Gasteiger partial charge >= 0.3 is 6.18 Å². The molecule has 2 amide bonds. The maximum atomic E-state index is 13.0. The summed E-state index contributed by atoms with van der Waals surface area (Å²) in [6.07, 6.45) is 0.767. The molecule has 2 aromatic rings. The van der Waals surface area contributed by atoms with Crippen LogP contribution >= 0.6 is 0 Å². The van der Waals surface area contributed by atoms with E-state index in [1.165, 1.54) is 18.5 Å². The van der Waals surface area contributed by atoms with Gasteiger partial charge in [0.05, 0.1) is 12.6 Å². The van der Waals surface area contributed by atoms with Crippen molar-refractivity contribution in [3.8, 4) is 5.88 Å². The molecule has 1 aliphatic carbocycles. The number of ether oxygens (including phenoxy) is 1. The largest absolute Gasteiger partial charge is 0.468 e. The molecule has 164 valence electrons. The van der Waals surface area contributed by atoms with E-state index in [4.69, 9.17) is 0 Å². The van der Waals surface area contributed by atoms with Crippen LogP contribution in [0.15, 0.2) is 30.6 Å². The summed E-state index contributed by atoms with van der Waals surface area (Å²) < 4.78 is 41.6. The average Bonchev–Trinajstić information content (AvgIpc) is 3.53. The number of anilines is 1. The summed E-state index contributed by atoms with van der Waals surface area (Å²) in [4.78, 5) is 35.1. The summed E-state index contributed by atoms with van der Waals surface area (Å²) in [5, 5.41) is 2.83. The van der Waals surface area contributed by atoms with Gasteiger partial charge in [0.25, 0.3) is 5.91 Å². The lowest BCUT2D eigenvalue weighted by atomic mass is 10.1. The van der Waals surface area contributed by atoms with Crippen molar-refractivity contribution in [2.75, 3.05) is 11.9 Å². The molecule has 0 radical (unpaired) electrons. The van der Waals surface area contributed by atoms with Gasteiger partial charge in [-0.15, -0.1) is 0 Å². The molecule has 1 atom stereocenters. The SMILES string of the molecule is CCC(c1ccc(OCC(F)(F)F)nc1)N1Cc2c(ccnc2NC(=O)C2CC2)C1=O. The lowest BCUT2D eigenvalue weighted by molar-refractivity contribution is -0.154. The fraction of sp³-hybridized carbons (Fsp3) is 0.429. The molecule has 3 heterocycles. The third-order valence-electron chi connectivity index (χ3n) is 5.36. The van der Waals surface area contributed by atoms with Gasteiger partial charge in [-0.1, -0.05) is 13.0 Å². The van der Waals surface area contributed by atoms with E-state index in [0.717, 1.165) is 12.8 Å². The highest BCUT2D eigenvalue weighted by molar-refractivity contribution is 6.02. The molecule has 0 bridgehead atoms. The second kappa shape index (κ2) is 8.16. The zero-order chi connectivity index (χ0) is 22.2. The van der Waals surface area contributed by atoms with Crippen molar-refractivity contribution >= 4 is 17.6 Å². The van der Waals surface area contributed by atoms with Crippen molar-refractivity contribution in [1.82, 2.24) is 14.9 Å². The van der Waals surface area contributed by atoms with Crippen LogP contribution in [0.4, 0.5) is 19.0 Å². The van der Waals surface area contributed by atoms with Crippen LogP contribution in [0.25, 0.3) is 0 Å². The molecule has 0 spiro atoms. The van der Waals surface area contributed by atoms with Gasteiger partial charge in [-0.05, 0) is 30.9 Å². The van der Waals surface area contributed by atoms with Crippen LogP contribution < -0.4 is 10.1 Å². The molecule has 0 saturated heterocycles. The molecule has 1 N–H and O–H groups in total. The zero-order valence-corrected chi connectivity index (χ0v) is 16.8. The molecule has 0 aromatic carbocycles. The van der Waals surface area contributed by atoms with Crippen LogP contribution in [-0.4, -0.2) is 39.5 Å². The van der Waals surface area contributed by atoms with Gasteiger partial charge in [0.1, 0.15) is 5.82 Å². The monoisotopic (exact) mass is 434 g/mol. The van der Waals surface area contributed by atoms with E-state index in [1.807, 2.05) is 6.92 Å². The van der Waals surface area contributed by atoms with E-state index in [9.17, 15) is 22.8 Å². The van der Waals surface area contributed by atoms with Crippen molar-refractivity contribution < 1.29 is 27.5 Å². The molecular formula is C21H21F3N4O3. The van der Waals surface area contributed by atoms with Gasteiger partial charge in [-0.3, -0.25) is 9.59 Å². The van der Waals surface area contributed by atoms with E-state index in [-0.39, 0.29) is 36.2 Å². The number of halogens is 3. The van der Waals surface area contributed by atoms with Crippen molar-refractivity contribution in [3.05, 3.63) is 47.3 Å². The highest BCUT2D eigenvalue weighted by atomic mass is 19.4. The quantitative estimate of drug-likeness (QED) is 0.715. The number of amides is 2. The van der Waals surface area contributed by atoms with Crippen molar-refractivity contribution in [2.45, 2.75) is 44.9 Å². The number of fused-ring (bicyclic) bond motifs is 1. The second-order valence-corrected chi connectivity index (χ2v) is 7.64. The van der Waals surface area contributed by atoms with Gasteiger partial charge in [-0.25, -0.2) is 9.97 Å². The normalized spacial score (nSPS) is 16.8. The summed E-state index contributed by atoms with van der Waals surface area (Å²) in [6.45, 7) is 0.759. The summed E-state index contributed by atoms with van der Waals surface area (Å²) >= 11 is 0. The Kier molecular flexibility index (Phi) is 5.55. The van der Waals surface area contributed by atoms with Gasteiger partial charge in [0.15, 0.2) is 6.61 Å². The number of carbonyl (C=O) groups is 2. The Morgan fingerprint density at radius 3 is 2.68 bits per heavy atom. The number of carbonyl (C=O) groups excluding carboxylic acids is 2. The first-order valence-electron chi connectivity index (χ1n) is 10.0. The third kappa shape index (κ3) is 4.62. The third-order valence-corrected chi connectivity index (χ3v) is 5.36. The molecule has 7 nitrogen and oxygen atoms in total. The molecule has 1 saturated carbocycles. The lowest BCUT2D eigenvalue weighted by Gasteiger charge is -2.27. The Morgan fingerprint density at radius 2 is 2.06 bits per heavy atom. The van der Waals surface area contributed by atoms with Crippen molar-refractivity contribution in [1.29, 1.82) is 0 Å². The number of hydrogen-bond donors (Lipinski definition) is 1. The van der Waals surface area contributed by atoms with Crippen LogP contribution in [0.2, 0.25) is 0 Å². The summed E-state index contributed by atoms with van der Waals surface area (Å²) in [5.74, 6) is -0.00479. The Labute approximate surface area is 176 Å². The average molecular weight is 434 g/mol. The molecule has 1 aliphatic heterocycles. The standard InChI is InChI=1S/C21H21F3N4O3/c1-2-16(13-5-6-17(26-9-13)31-11-21(22,23)24)28-10-15-14(20(28)30)7-8-25-18(15)27-19(29)12-3-4-12/h5-9,12,16H,2-4,10-11H2,1H3,(H,25,27,29). The van der Waals surface area contributed by atoms with E-state index in [0.29, 0.717) is 28.9 Å². The molecule has 31 heavy (non-hydrogen) atoms. The molecular weight excluding hydrogens is 413 g/mol. The van der Waals surface area contributed by atoms with Crippen molar-refractivity contribution in [2.24, 2.45) is 5.92 Å². The molecule has 2 aromatic heterocycles. The molecule has 2 aliphatic rings. The predicted molar refractivity (Wildman–Crippen MR) is 104 cm³/mol. The Balaban J connectivity index is 1.51. The molecule has 1 fully saturated rings. The number of alkyl halides is 3. The van der Waals surface area contributed by atoms with Crippen LogP contribution in [0.3, 0.4) is 0 Å². The fourth-order valence-electron chi connectivity index (χ4n) is 3.64. The van der Waals surface area contributed by atoms with E-state index >= 15 is 0 Å². The van der Waals surface area contributed by atoms with Crippen molar-refractivity contribution in [3.63, 3.8) is 0 Å². The predicted octanol–water partition coefficient (Wildman–Crippen LogP) is 3.87. The number of aromatic nitrogens is 2. The Morgan fingerprint density at radius 1 is 1.29 bits per heavy atom.